The number of fused-ring (bicyclic) bond motifs is 3. The average Bonchev–Trinajstić information content (AvgIpc) is 3.67. The van der Waals surface area contributed by atoms with E-state index in [1.54, 1.807) is 30.5 Å². The van der Waals surface area contributed by atoms with Crippen LogP contribution < -0.4 is 19.7 Å². The minimum Gasteiger partial charge on any atom is -0.455 e. The van der Waals surface area contributed by atoms with Crippen LogP contribution in [0.1, 0.15) is 76.1 Å². The molecule has 1 saturated carbocycles. The Balaban J connectivity index is 0.821. The van der Waals surface area contributed by atoms with E-state index in [1.807, 2.05) is 13.0 Å². The molecule has 11 rings (SSSR count). The van der Waals surface area contributed by atoms with Crippen LogP contribution in [0.3, 0.4) is 0 Å². The SMILES string of the molecule is C[C@H]1[C@@H](CCN2CCN(c3ccc(C(=O)NS(=O)(=O)c4ccc(NCC5CCOCC5)c([N+](=O)[O-])c4)c(Oc4cnc5[nH]ccc5c4)c3)CC2)O[C@@H]2O[C@@]3(C)CC[C@H]4[C@H](C)CC[C@@H]1[C@@]24OO3. The maximum absolute atomic E-state index is 14.0. The van der Waals surface area contributed by atoms with E-state index in [-0.39, 0.29) is 40.9 Å². The molecule has 6 aliphatic heterocycles. The van der Waals surface area contributed by atoms with Crippen LogP contribution in [0.15, 0.2) is 65.8 Å². The summed E-state index contributed by atoms with van der Waals surface area (Å²) in [4.78, 5) is 49.5. The zero-order valence-electron chi connectivity index (χ0n) is 37.6. The normalized spacial score (nSPS) is 30.4. The van der Waals surface area contributed by atoms with Crippen LogP contribution in [0.5, 0.6) is 11.5 Å². The van der Waals surface area contributed by atoms with Crippen LogP contribution in [-0.2, 0) is 34.0 Å². The lowest BCUT2D eigenvalue weighted by molar-refractivity contribution is -0.571. The van der Waals surface area contributed by atoms with E-state index in [2.05, 4.69) is 43.7 Å². The van der Waals surface area contributed by atoms with Gasteiger partial charge in [0.25, 0.3) is 21.6 Å². The van der Waals surface area contributed by atoms with Gasteiger partial charge in [-0.15, -0.1) is 0 Å². The molecular weight excluding hydrogens is 871 g/mol. The number of amides is 1. The van der Waals surface area contributed by atoms with Crippen LogP contribution in [-0.4, -0.2) is 110 Å². The van der Waals surface area contributed by atoms with Crippen LogP contribution in [0.2, 0.25) is 0 Å². The predicted octanol–water partition coefficient (Wildman–Crippen LogP) is 6.98. The molecule has 2 bridgehead atoms. The fourth-order valence-electron chi connectivity index (χ4n) is 11.4. The summed E-state index contributed by atoms with van der Waals surface area (Å²) in [6.07, 6.45) is 9.35. The Morgan fingerprint density at radius 1 is 1.00 bits per heavy atom. The van der Waals surface area contributed by atoms with Crippen LogP contribution in [0.4, 0.5) is 17.1 Å². The molecule has 66 heavy (non-hydrogen) atoms. The van der Waals surface area contributed by atoms with E-state index in [9.17, 15) is 23.3 Å². The third-order valence-electron chi connectivity index (χ3n) is 15.2. The number of anilines is 2. The van der Waals surface area contributed by atoms with Gasteiger partial charge in [0.1, 0.15) is 22.8 Å². The van der Waals surface area contributed by atoms with Gasteiger partial charge in [-0.05, 0) is 106 Å². The van der Waals surface area contributed by atoms with Gasteiger partial charge in [-0.1, -0.05) is 13.8 Å². The first-order valence-electron chi connectivity index (χ1n) is 23.4. The smallest absolute Gasteiger partial charge is 0.293 e. The van der Waals surface area contributed by atoms with Crippen molar-refractivity contribution in [3.05, 3.63) is 76.6 Å². The summed E-state index contributed by atoms with van der Waals surface area (Å²) >= 11 is 0. The minimum atomic E-state index is -4.56. The molecule has 19 heteroatoms. The third-order valence-corrected chi connectivity index (χ3v) is 16.5. The molecule has 7 fully saturated rings. The summed E-state index contributed by atoms with van der Waals surface area (Å²) in [5.41, 5.74) is 0.610. The number of nitro benzene ring substituents is 1. The lowest BCUT2D eigenvalue weighted by atomic mass is 9.57. The summed E-state index contributed by atoms with van der Waals surface area (Å²) < 4.78 is 54.7. The number of sulfonamides is 1. The fourth-order valence-corrected chi connectivity index (χ4v) is 12.3. The Kier molecular flexibility index (Phi) is 12.2. The standard InChI is InChI=1S/C47H59N7O11S/c1-29-4-8-38-30(2)41(62-45-47(38)37(29)10-15-46(3,63-45)64-65-47)12-17-52-18-20-53(21-19-52)33-5-7-36(42(25-33)61-34-24-32-11-16-48-43(32)50-28-34)44(55)51-66(58,59)35-6-9-39(40(26-35)54(56)57)49-27-31-13-22-60-23-14-31/h5-7,9,11,16,24-26,28-31,37-38,41,45,49H,4,8,10,12-15,17-23,27H2,1-3H3,(H,48,50)(H,51,55)/t29-,30-,37+,38+,41-,45-,46-,47-/m1/s1. The van der Waals surface area contributed by atoms with Crippen molar-refractivity contribution in [2.24, 2.45) is 29.6 Å². The molecule has 3 N–H and O–H groups in total. The highest BCUT2D eigenvalue weighted by Crippen LogP contribution is 2.60. The van der Waals surface area contributed by atoms with E-state index < -0.39 is 49.1 Å². The first-order chi connectivity index (χ1) is 31.8. The zero-order chi connectivity index (χ0) is 45.8. The average molecular weight is 930 g/mol. The number of H-pyrrole nitrogens is 1. The molecule has 2 aromatic carbocycles. The molecular formula is C47H59N7O11S. The topological polar surface area (TPSA) is 209 Å². The van der Waals surface area contributed by atoms with Gasteiger partial charge in [0.2, 0.25) is 5.79 Å². The summed E-state index contributed by atoms with van der Waals surface area (Å²) in [5.74, 6) is 0.368. The first kappa shape index (κ1) is 44.9. The highest BCUT2D eigenvalue weighted by molar-refractivity contribution is 7.90. The van der Waals surface area contributed by atoms with E-state index in [4.69, 9.17) is 28.7 Å². The summed E-state index contributed by atoms with van der Waals surface area (Å²) in [6, 6.07) is 12.2. The van der Waals surface area contributed by atoms with Crippen molar-refractivity contribution in [3.8, 4) is 11.5 Å². The van der Waals surface area contributed by atoms with Crippen molar-refractivity contribution in [3.63, 3.8) is 0 Å². The second-order valence-corrected chi connectivity index (χ2v) is 20.9. The number of aromatic nitrogens is 2. The number of ether oxygens (including phenoxy) is 4. The Labute approximate surface area is 384 Å². The number of rotatable bonds is 13. The second-order valence-electron chi connectivity index (χ2n) is 19.2. The fraction of sp³-hybridized carbons (Fsp3) is 0.574. The van der Waals surface area contributed by atoms with Crippen LogP contribution >= 0.6 is 0 Å². The van der Waals surface area contributed by atoms with E-state index in [1.165, 1.54) is 18.3 Å². The number of nitrogens with one attached hydrogen (secondary N) is 3. The molecule has 8 atom stereocenters. The molecule has 18 nitrogen and oxygen atoms in total. The molecule has 7 aliphatic rings. The van der Waals surface area contributed by atoms with Crippen molar-refractivity contribution in [2.45, 2.75) is 94.4 Å². The number of benzene rings is 2. The van der Waals surface area contributed by atoms with Crippen molar-refractivity contribution >= 4 is 44.0 Å². The molecule has 1 spiro atoms. The predicted molar refractivity (Wildman–Crippen MR) is 242 cm³/mol. The molecule has 1 aliphatic carbocycles. The Morgan fingerprint density at radius 2 is 1.82 bits per heavy atom. The van der Waals surface area contributed by atoms with Gasteiger partial charge in [-0.25, -0.2) is 27.9 Å². The molecule has 4 aromatic rings. The number of nitrogens with zero attached hydrogens (tertiary/aromatic N) is 4. The quantitative estimate of drug-likeness (QED) is 0.0702. The van der Waals surface area contributed by atoms with Crippen molar-refractivity contribution in [2.75, 3.05) is 62.7 Å². The lowest BCUT2D eigenvalue weighted by Gasteiger charge is -2.60. The van der Waals surface area contributed by atoms with Gasteiger partial charge in [-0.2, -0.15) is 0 Å². The molecule has 0 unspecified atom stereocenters. The largest absolute Gasteiger partial charge is 0.455 e. The Bertz CT molecular complexity index is 2560. The van der Waals surface area contributed by atoms with Gasteiger partial charge in [0.05, 0.1) is 27.7 Å². The van der Waals surface area contributed by atoms with Crippen molar-refractivity contribution in [1.82, 2.24) is 19.6 Å². The van der Waals surface area contributed by atoms with Gasteiger partial charge >= 0.3 is 0 Å². The van der Waals surface area contributed by atoms with E-state index in [0.717, 1.165) is 81.7 Å². The molecule has 8 heterocycles. The van der Waals surface area contributed by atoms with Crippen LogP contribution in [0.25, 0.3) is 11.0 Å². The number of hydrogen-bond donors (Lipinski definition) is 3. The number of piperazine rings is 1. The Hall–Kier alpha value is -4.89. The Morgan fingerprint density at radius 3 is 2.62 bits per heavy atom. The summed E-state index contributed by atoms with van der Waals surface area (Å²) in [5, 5.41) is 16.0. The van der Waals surface area contributed by atoms with Gasteiger partial charge in [0, 0.05) is 94.2 Å². The second kappa shape index (κ2) is 18.0. The van der Waals surface area contributed by atoms with Gasteiger partial charge in [0.15, 0.2) is 11.9 Å². The summed E-state index contributed by atoms with van der Waals surface area (Å²) in [7, 11) is -4.56. The monoisotopic (exact) mass is 929 g/mol. The number of hydrogen-bond acceptors (Lipinski definition) is 15. The molecule has 6 saturated heterocycles. The number of aromatic amines is 1. The third kappa shape index (κ3) is 8.63. The van der Waals surface area contributed by atoms with Crippen molar-refractivity contribution in [1.29, 1.82) is 0 Å². The number of nitro groups is 1. The van der Waals surface area contributed by atoms with E-state index in [0.29, 0.717) is 56.1 Å². The number of pyridine rings is 1. The summed E-state index contributed by atoms with van der Waals surface area (Å²) in [6.45, 7) is 12.2. The highest BCUT2D eigenvalue weighted by atomic mass is 32.2. The minimum absolute atomic E-state index is 0.0187. The molecule has 2 aromatic heterocycles. The van der Waals surface area contributed by atoms with Crippen molar-refractivity contribution < 1.29 is 46.9 Å². The highest BCUT2D eigenvalue weighted by Gasteiger charge is 2.69. The molecule has 354 valence electrons. The number of carbonyl (C=O) groups excluding carboxylic acids is 1. The number of carbonyl (C=O) groups is 1. The van der Waals surface area contributed by atoms with Gasteiger partial charge in [-0.3, -0.25) is 19.8 Å². The van der Waals surface area contributed by atoms with Gasteiger partial charge < -0.3 is 34.1 Å². The molecule has 0 radical (unpaired) electrons. The lowest BCUT2D eigenvalue weighted by Crippen LogP contribution is -2.70. The maximum atomic E-state index is 14.0. The van der Waals surface area contributed by atoms with Crippen LogP contribution in [0, 0.1) is 39.7 Å². The maximum Gasteiger partial charge on any atom is 0.293 e. The zero-order valence-corrected chi connectivity index (χ0v) is 38.4. The van der Waals surface area contributed by atoms with E-state index >= 15 is 0 Å². The molecule has 1 amide bonds. The first-order valence-corrected chi connectivity index (χ1v) is 24.9.